The second-order valence-electron chi connectivity index (χ2n) is 7.03. The molecule has 1 atom stereocenters. The Kier molecular flexibility index (Phi) is 10.3. The Hall–Kier alpha value is -1.72. The SMILES string of the molecule is C=CCc1cc(CNC(=O)CC(C)C2CCNCC2)cc(OC)c1OC.Cl. The highest BCUT2D eigenvalue weighted by Gasteiger charge is 2.22. The molecule has 0 radical (unpaired) electrons. The molecule has 1 amide bonds. The quantitative estimate of drug-likeness (QED) is 0.627. The number of benzene rings is 1. The lowest BCUT2D eigenvalue weighted by molar-refractivity contribution is -0.122. The second-order valence-corrected chi connectivity index (χ2v) is 7.03. The van der Waals surface area contributed by atoms with Crippen molar-refractivity contribution in [3.8, 4) is 11.5 Å². The third-order valence-electron chi connectivity index (χ3n) is 5.17. The summed E-state index contributed by atoms with van der Waals surface area (Å²) in [5.41, 5.74) is 2.01. The van der Waals surface area contributed by atoms with Gasteiger partial charge in [-0.2, -0.15) is 0 Å². The van der Waals surface area contributed by atoms with Crippen molar-refractivity contribution in [3.05, 3.63) is 35.9 Å². The van der Waals surface area contributed by atoms with Gasteiger partial charge in [0.15, 0.2) is 11.5 Å². The molecule has 0 saturated carbocycles. The summed E-state index contributed by atoms with van der Waals surface area (Å²) >= 11 is 0. The van der Waals surface area contributed by atoms with Gasteiger partial charge in [-0.3, -0.25) is 4.79 Å². The molecule has 152 valence electrons. The predicted molar refractivity (Wildman–Crippen MR) is 112 cm³/mol. The molecule has 1 aromatic rings. The van der Waals surface area contributed by atoms with E-state index in [2.05, 4.69) is 24.1 Å². The molecule has 1 saturated heterocycles. The van der Waals surface area contributed by atoms with Gasteiger partial charge < -0.3 is 20.1 Å². The van der Waals surface area contributed by atoms with E-state index in [1.165, 1.54) is 0 Å². The first-order valence-electron chi connectivity index (χ1n) is 9.41. The minimum absolute atomic E-state index is 0. The standard InChI is InChI=1S/C21H32N2O3.ClH/c1-5-6-18-12-16(13-19(25-3)21(18)26-4)14-23-20(24)11-15(2)17-7-9-22-10-8-17;/h5,12-13,15,17,22H,1,6-11,14H2,2-4H3,(H,23,24);1H. The van der Waals surface area contributed by atoms with Gasteiger partial charge in [0.05, 0.1) is 14.2 Å². The van der Waals surface area contributed by atoms with Gasteiger partial charge in [-0.1, -0.05) is 13.0 Å². The zero-order valence-corrected chi connectivity index (χ0v) is 17.5. The molecular weight excluding hydrogens is 364 g/mol. The molecule has 6 heteroatoms. The van der Waals surface area contributed by atoms with Crippen LogP contribution in [0.15, 0.2) is 24.8 Å². The number of ether oxygens (including phenoxy) is 2. The van der Waals surface area contributed by atoms with Crippen molar-refractivity contribution in [1.29, 1.82) is 0 Å². The molecule has 0 bridgehead atoms. The van der Waals surface area contributed by atoms with Crippen LogP contribution in [0.1, 0.15) is 37.3 Å². The van der Waals surface area contributed by atoms with E-state index in [9.17, 15) is 4.79 Å². The first-order valence-corrected chi connectivity index (χ1v) is 9.41. The summed E-state index contributed by atoms with van der Waals surface area (Å²) in [7, 11) is 3.26. The van der Waals surface area contributed by atoms with E-state index in [0.717, 1.165) is 42.8 Å². The maximum absolute atomic E-state index is 12.4. The highest BCUT2D eigenvalue weighted by atomic mass is 35.5. The second kappa shape index (κ2) is 11.9. The maximum atomic E-state index is 12.4. The molecule has 1 fully saturated rings. The van der Waals surface area contributed by atoms with Gasteiger partial charge >= 0.3 is 0 Å². The number of methoxy groups -OCH3 is 2. The van der Waals surface area contributed by atoms with Crippen LogP contribution < -0.4 is 20.1 Å². The Morgan fingerprint density at radius 3 is 2.63 bits per heavy atom. The predicted octanol–water partition coefficient (Wildman–Crippen LogP) is 3.50. The van der Waals surface area contributed by atoms with Crippen molar-refractivity contribution >= 4 is 18.3 Å². The van der Waals surface area contributed by atoms with Crippen LogP contribution in [0.4, 0.5) is 0 Å². The number of hydrogen-bond acceptors (Lipinski definition) is 4. The zero-order chi connectivity index (χ0) is 18.9. The topological polar surface area (TPSA) is 59.6 Å². The molecule has 1 aromatic carbocycles. The Labute approximate surface area is 169 Å². The van der Waals surface area contributed by atoms with Crippen LogP contribution in [-0.2, 0) is 17.8 Å². The highest BCUT2D eigenvalue weighted by molar-refractivity contribution is 5.85. The molecule has 1 heterocycles. The van der Waals surface area contributed by atoms with E-state index >= 15 is 0 Å². The average molecular weight is 397 g/mol. The average Bonchev–Trinajstić information content (AvgIpc) is 2.66. The third-order valence-corrected chi connectivity index (χ3v) is 5.17. The summed E-state index contributed by atoms with van der Waals surface area (Å²) in [6.07, 6.45) is 5.43. The number of piperidine rings is 1. The summed E-state index contributed by atoms with van der Waals surface area (Å²) in [5.74, 6) is 2.57. The van der Waals surface area contributed by atoms with Gasteiger partial charge in [0.2, 0.25) is 5.91 Å². The van der Waals surface area contributed by atoms with Crippen molar-refractivity contribution in [2.24, 2.45) is 11.8 Å². The highest BCUT2D eigenvalue weighted by Crippen LogP contribution is 2.33. The van der Waals surface area contributed by atoms with Crippen LogP contribution in [0, 0.1) is 11.8 Å². The van der Waals surface area contributed by atoms with Crippen molar-refractivity contribution in [1.82, 2.24) is 10.6 Å². The fraction of sp³-hybridized carbons (Fsp3) is 0.571. The lowest BCUT2D eigenvalue weighted by atomic mass is 9.84. The van der Waals surface area contributed by atoms with Gasteiger partial charge in [0.1, 0.15) is 0 Å². The number of halogens is 1. The Bertz CT molecular complexity index is 616. The van der Waals surface area contributed by atoms with E-state index in [-0.39, 0.29) is 18.3 Å². The van der Waals surface area contributed by atoms with Gasteiger partial charge in [-0.25, -0.2) is 0 Å². The molecule has 2 N–H and O–H groups in total. The van der Waals surface area contributed by atoms with E-state index in [0.29, 0.717) is 37.0 Å². The molecule has 1 aliphatic heterocycles. The molecule has 1 unspecified atom stereocenters. The first-order chi connectivity index (χ1) is 12.6. The molecule has 2 rings (SSSR count). The summed E-state index contributed by atoms with van der Waals surface area (Å²) in [6.45, 7) is 8.60. The summed E-state index contributed by atoms with van der Waals surface area (Å²) in [5, 5.41) is 6.43. The third kappa shape index (κ3) is 6.74. The molecule has 1 aliphatic rings. The monoisotopic (exact) mass is 396 g/mol. The number of nitrogens with one attached hydrogen (secondary N) is 2. The van der Waals surface area contributed by atoms with E-state index in [1.54, 1.807) is 14.2 Å². The number of rotatable bonds is 9. The fourth-order valence-electron chi connectivity index (χ4n) is 3.66. The number of hydrogen-bond donors (Lipinski definition) is 2. The fourth-order valence-corrected chi connectivity index (χ4v) is 3.66. The summed E-state index contributed by atoms with van der Waals surface area (Å²) in [4.78, 5) is 12.4. The molecule has 5 nitrogen and oxygen atoms in total. The summed E-state index contributed by atoms with van der Waals surface area (Å²) in [6, 6.07) is 3.96. The minimum Gasteiger partial charge on any atom is -0.493 e. The largest absolute Gasteiger partial charge is 0.493 e. The van der Waals surface area contributed by atoms with E-state index in [1.807, 2.05) is 18.2 Å². The maximum Gasteiger partial charge on any atom is 0.220 e. The minimum atomic E-state index is 0. The normalized spacial score (nSPS) is 15.4. The van der Waals surface area contributed by atoms with Crippen molar-refractivity contribution in [2.75, 3.05) is 27.3 Å². The van der Waals surface area contributed by atoms with Crippen LogP contribution >= 0.6 is 12.4 Å². The van der Waals surface area contributed by atoms with E-state index < -0.39 is 0 Å². The Morgan fingerprint density at radius 2 is 2.04 bits per heavy atom. The van der Waals surface area contributed by atoms with Crippen molar-refractivity contribution in [2.45, 2.75) is 39.2 Å². The summed E-state index contributed by atoms with van der Waals surface area (Å²) < 4.78 is 10.9. The molecule has 0 aliphatic carbocycles. The number of amides is 1. The van der Waals surface area contributed by atoms with Crippen LogP contribution in [0.25, 0.3) is 0 Å². The van der Waals surface area contributed by atoms with Crippen LogP contribution in [0.3, 0.4) is 0 Å². The van der Waals surface area contributed by atoms with Crippen LogP contribution in [0.2, 0.25) is 0 Å². The Morgan fingerprint density at radius 1 is 1.33 bits per heavy atom. The van der Waals surface area contributed by atoms with Crippen LogP contribution in [-0.4, -0.2) is 33.2 Å². The smallest absolute Gasteiger partial charge is 0.220 e. The molecule has 0 spiro atoms. The molecule has 0 aromatic heterocycles. The lowest BCUT2D eigenvalue weighted by Crippen LogP contribution is -2.33. The van der Waals surface area contributed by atoms with Gasteiger partial charge in [0.25, 0.3) is 0 Å². The first kappa shape index (κ1) is 23.3. The van der Waals surface area contributed by atoms with Crippen molar-refractivity contribution < 1.29 is 14.3 Å². The van der Waals surface area contributed by atoms with Crippen LogP contribution in [0.5, 0.6) is 11.5 Å². The number of carbonyl (C=O) groups excluding carboxylic acids is 1. The van der Waals surface area contributed by atoms with Gasteiger partial charge in [-0.15, -0.1) is 19.0 Å². The Balaban J connectivity index is 0.00000364. The van der Waals surface area contributed by atoms with Crippen molar-refractivity contribution in [3.63, 3.8) is 0 Å². The van der Waals surface area contributed by atoms with Gasteiger partial charge in [-0.05, 0) is 61.9 Å². The number of allylic oxidation sites excluding steroid dienone is 1. The lowest BCUT2D eigenvalue weighted by Gasteiger charge is -2.27. The zero-order valence-electron chi connectivity index (χ0n) is 16.7. The molecule has 27 heavy (non-hydrogen) atoms. The van der Waals surface area contributed by atoms with Gasteiger partial charge in [0, 0.05) is 18.5 Å². The van der Waals surface area contributed by atoms with E-state index in [4.69, 9.17) is 9.47 Å². The number of carbonyl (C=O) groups is 1. The molecular formula is C21H33ClN2O3.